The maximum Gasteiger partial charge on any atom is 0.292 e. The zero-order valence-corrected chi connectivity index (χ0v) is 19.3. The Hall–Kier alpha value is -3.62. The van der Waals surface area contributed by atoms with Crippen LogP contribution < -0.4 is 5.32 Å². The lowest BCUT2D eigenvalue weighted by Gasteiger charge is -2.24. The van der Waals surface area contributed by atoms with E-state index in [1.807, 2.05) is 41.8 Å². The van der Waals surface area contributed by atoms with Gasteiger partial charge in [0.2, 0.25) is 11.7 Å². The van der Waals surface area contributed by atoms with Crippen molar-refractivity contribution in [1.82, 2.24) is 4.90 Å². The Balaban J connectivity index is 1.45. The Morgan fingerprint density at radius 1 is 1.15 bits per heavy atom. The van der Waals surface area contributed by atoms with Crippen LogP contribution in [0.3, 0.4) is 0 Å². The molecular weight excluding hydrogens is 452 g/mol. The Bertz CT molecular complexity index is 1280. The lowest BCUT2D eigenvalue weighted by Crippen LogP contribution is -2.37. The van der Waals surface area contributed by atoms with E-state index in [2.05, 4.69) is 5.32 Å². The number of nitrogens with zero attached hydrogens (tertiary/aromatic N) is 1. The SMILES string of the molecule is O=C(/C=C/c1cccs1)Nc1c(C(=O)N(Cc2ccco2)C[C@@H]2CCCO2)oc2ccccc12. The van der Waals surface area contributed by atoms with Crippen LogP contribution in [-0.4, -0.2) is 36.0 Å². The summed E-state index contributed by atoms with van der Waals surface area (Å²) in [6.45, 7) is 1.37. The second-order valence-electron chi connectivity index (χ2n) is 8.04. The fourth-order valence-corrected chi connectivity index (χ4v) is 4.63. The van der Waals surface area contributed by atoms with Gasteiger partial charge < -0.3 is 23.8 Å². The van der Waals surface area contributed by atoms with Crippen molar-refractivity contribution in [1.29, 1.82) is 0 Å². The van der Waals surface area contributed by atoms with E-state index in [9.17, 15) is 9.59 Å². The van der Waals surface area contributed by atoms with Gasteiger partial charge in [-0.3, -0.25) is 9.59 Å². The quantitative estimate of drug-likeness (QED) is 0.337. The van der Waals surface area contributed by atoms with Gasteiger partial charge in [-0.15, -0.1) is 11.3 Å². The van der Waals surface area contributed by atoms with Gasteiger partial charge >= 0.3 is 0 Å². The molecule has 0 saturated carbocycles. The molecule has 174 valence electrons. The molecular formula is C26H24N2O5S. The van der Waals surface area contributed by atoms with E-state index >= 15 is 0 Å². The molecule has 1 N–H and O–H groups in total. The summed E-state index contributed by atoms with van der Waals surface area (Å²) in [5.41, 5.74) is 0.886. The summed E-state index contributed by atoms with van der Waals surface area (Å²) in [6, 6.07) is 14.7. The second-order valence-corrected chi connectivity index (χ2v) is 9.02. The number of hydrogen-bond acceptors (Lipinski definition) is 6. The molecule has 8 heteroatoms. The maximum atomic E-state index is 13.7. The van der Waals surface area contributed by atoms with Crippen molar-refractivity contribution < 1.29 is 23.2 Å². The number of carbonyl (C=O) groups is 2. The lowest BCUT2D eigenvalue weighted by atomic mass is 10.2. The normalized spacial score (nSPS) is 15.8. The van der Waals surface area contributed by atoms with Gasteiger partial charge in [0.25, 0.3) is 5.91 Å². The highest BCUT2D eigenvalue weighted by Crippen LogP contribution is 2.32. The third kappa shape index (κ3) is 4.98. The second kappa shape index (κ2) is 10.1. The van der Waals surface area contributed by atoms with Gasteiger partial charge in [-0.2, -0.15) is 0 Å². The first-order valence-corrected chi connectivity index (χ1v) is 12.0. The maximum absolute atomic E-state index is 13.7. The summed E-state index contributed by atoms with van der Waals surface area (Å²) in [6.07, 6.45) is 6.58. The van der Waals surface area contributed by atoms with E-state index in [1.54, 1.807) is 29.4 Å². The molecule has 1 saturated heterocycles. The number of rotatable bonds is 8. The molecule has 0 unspecified atom stereocenters. The molecule has 0 aliphatic carbocycles. The molecule has 7 nitrogen and oxygen atoms in total. The number of carbonyl (C=O) groups excluding carboxylic acids is 2. The summed E-state index contributed by atoms with van der Waals surface area (Å²) >= 11 is 1.54. The molecule has 34 heavy (non-hydrogen) atoms. The van der Waals surface area contributed by atoms with Crippen molar-refractivity contribution in [2.45, 2.75) is 25.5 Å². The number of fused-ring (bicyclic) bond motifs is 1. The summed E-state index contributed by atoms with van der Waals surface area (Å²) in [5, 5.41) is 5.48. The summed E-state index contributed by atoms with van der Waals surface area (Å²) in [4.78, 5) is 29.1. The van der Waals surface area contributed by atoms with Gasteiger partial charge in [0.05, 0.1) is 18.9 Å². The van der Waals surface area contributed by atoms with Crippen molar-refractivity contribution in [3.63, 3.8) is 0 Å². The summed E-state index contributed by atoms with van der Waals surface area (Å²) < 4.78 is 17.2. The van der Waals surface area contributed by atoms with Gasteiger partial charge in [-0.25, -0.2) is 0 Å². The van der Waals surface area contributed by atoms with E-state index in [0.29, 0.717) is 35.6 Å². The number of hydrogen-bond donors (Lipinski definition) is 1. The molecule has 0 bridgehead atoms. The zero-order valence-electron chi connectivity index (χ0n) is 18.4. The molecule has 2 amide bonds. The van der Waals surface area contributed by atoms with Crippen molar-refractivity contribution in [2.24, 2.45) is 0 Å². The number of thiophene rings is 1. The summed E-state index contributed by atoms with van der Waals surface area (Å²) in [5.74, 6) is 0.0712. The Kier molecular flexibility index (Phi) is 6.60. The standard InChI is InChI=1S/C26H24N2O5S/c29-23(12-11-20-8-5-15-34-20)27-24-21-9-1-2-10-22(21)33-25(24)26(30)28(16-18-6-3-13-31-18)17-19-7-4-14-32-19/h1-3,5-6,8-13,15,19H,4,7,14,16-17H2,(H,27,29)/b12-11+/t19-/m0/s1. The smallest absolute Gasteiger partial charge is 0.292 e. The van der Waals surface area contributed by atoms with Crippen molar-refractivity contribution in [2.75, 3.05) is 18.5 Å². The van der Waals surface area contributed by atoms with Gasteiger partial charge in [0, 0.05) is 29.5 Å². The minimum absolute atomic E-state index is 0.0462. The molecule has 3 aromatic heterocycles. The van der Waals surface area contributed by atoms with Crippen LogP contribution >= 0.6 is 11.3 Å². The molecule has 4 aromatic rings. The van der Waals surface area contributed by atoms with E-state index in [1.165, 1.54) is 17.4 Å². The molecule has 1 fully saturated rings. The van der Waals surface area contributed by atoms with Crippen LogP contribution in [-0.2, 0) is 16.1 Å². The van der Waals surface area contributed by atoms with E-state index in [0.717, 1.165) is 17.7 Å². The lowest BCUT2D eigenvalue weighted by molar-refractivity contribution is -0.111. The predicted molar refractivity (Wildman–Crippen MR) is 131 cm³/mol. The number of furan rings is 2. The Morgan fingerprint density at radius 3 is 2.82 bits per heavy atom. The van der Waals surface area contributed by atoms with Crippen molar-refractivity contribution in [3.05, 3.63) is 82.6 Å². The molecule has 4 heterocycles. The highest BCUT2D eigenvalue weighted by Gasteiger charge is 2.29. The van der Waals surface area contributed by atoms with Gasteiger partial charge in [0.15, 0.2) is 0 Å². The third-order valence-corrected chi connectivity index (χ3v) is 6.48. The third-order valence-electron chi connectivity index (χ3n) is 5.64. The zero-order chi connectivity index (χ0) is 23.3. The monoisotopic (exact) mass is 476 g/mol. The Labute approximate surface area is 200 Å². The van der Waals surface area contributed by atoms with Crippen LogP contribution in [0.4, 0.5) is 5.69 Å². The van der Waals surface area contributed by atoms with E-state index in [4.69, 9.17) is 13.6 Å². The van der Waals surface area contributed by atoms with E-state index in [-0.39, 0.29) is 30.2 Å². The van der Waals surface area contributed by atoms with Crippen LogP contribution in [0, 0.1) is 0 Å². The number of nitrogens with one attached hydrogen (secondary N) is 1. The number of ether oxygens (including phenoxy) is 1. The molecule has 0 spiro atoms. The van der Waals surface area contributed by atoms with Gasteiger partial charge in [-0.1, -0.05) is 18.2 Å². The molecule has 1 atom stereocenters. The number of anilines is 1. The van der Waals surface area contributed by atoms with Crippen LogP contribution in [0.25, 0.3) is 17.0 Å². The number of amides is 2. The molecule has 1 aromatic carbocycles. The topological polar surface area (TPSA) is 84.9 Å². The number of benzene rings is 1. The highest BCUT2D eigenvalue weighted by molar-refractivity contribution is 7.10. The Morgan fingerprint density at radius 2 is 2.06 bits per heavy atom. The molecule has 1 aliphatic rings. The molecule has 1 aliphatic heterocycles. The highest BCUT2D eigenvalue weighted by atomic mass is 32.1. The minimum Gasteiger partial charge on any atom is -0.467 e. The van der Waals surface area contributed by atoms with E-state index < -0.39 is 0 Å². The van der Waals surface area contributed by atoms with Crippen molar-refractivity contribution in [3.8, 4) is 0 Å². The molecule has 0 radical (unpaired) electrons. The molecule has 5 rings (SSSR count). The fourth-order valence-electron chi connectivity index (χ4n) is 4.02. The largest absolute Gasteiger partial charge is 0.467 e. The fraction of sp³-hybridized carbons (Fsp3) is 0.231. The number of para-hydroxylation sites is 1. The van der Waals surface area contributed by atoms with Crippen LogP contribution in [0.2, 0.25) is 0 Å². The summed E-state index contributed by atoms with van der Waals surface area (Å²) in [7, 11) is 0. The van der Waals surface area contributed by atoms with Gasteiger partial charge in [0.1, 0.15) is 17.0 Å². The van der Waals surface area contributed by atoms with Gasteiger partial charge in [-0.05, 0) is 54.6 Å². The first kappa shape index (κ1) is 22.2. The van der Waals surface area contributed by atoms with Crippen LogP contribution in [0.15, 0.2) is 75.1 Å². The predicted octanol–water partition coefficient (Wildman–Crippen LogP) is 5.56. The van der Waals surface area contributed by atoms with Crippen molar-refractivity contribution >= 4 is 45.9 Å². The first-order valence-electron chi connectivity index (χ1n) is 11.1. The van der Waals surface area contributed by atoms with Crippen LogP contribution in [0.1, 0.15) is 34.0 Å². The first-order chi connectivity index (χ1) is 16.7. The van der Waals surface area contributed by atoms with Crippen LogP contribution in [0.5, 0.6) is 0 Å². The average molecular weight is 477 g/mol. The minimum atomic E-state index is -0.342. The average Bonchev–Trinajstić information content (AvgIpc) is 3.66.